The number of hydrogen-bond acceptors (Lipinski definition) is 2. The summed E-state index contributed by atoms with van der Waals surface area (Å²) >= 11 is 1.63. The number of anilines is 1. The molecule has 2 amide bonds. The highest BCUT2D eigenvalue weighted by atomic mass is 32.2. The van der Waals surface area contributed by atoms with E-state index in [0.29, 0.717) is 12.2 Å². The molecule has 0 aliphatic carbocycles. The normalized spacial score (nSPS) is 9.91. The Hall–Kier alpha value is -2.45. The van der Waals surface area contributed by atoms with Gasteiger partial charge >= 0.3 is 6.03 Å². The average Bonchev–Trinajstić information content (AvgIpc) is 2.56. The lowest BCUT2D eigenvalue weighted by Crippen LogP contribution is -2.29. The summed E-state index contributed by atoms with van der Waals surface area (Å²) in [5.41, 5.74) is 1.39. The van der Waals surface area contributed by atoms with Gasteiger partial charge in [-0.25, -0.2) is 9.18 Å². The second kappa shape index (κ2) is 8.86. The number of carbonyl (C=O) groups excluding carboxylic acids is 1. The van der Waals surface area contributed by atoms with Crippen molar-refractivity contribution in [3.8, 4) is 12.3 Å². The summed E-state index contributed by atoms with van der Waals surface area (Å²) in [5.74, 6) is 3.13. The molecule has 2 aromatic carbocycles. The number of carbonyl (C=O) groups is 1. The molecular formula is C18H17FN2OS. The Morgan fingerprint density at radius 3 is 2.74 bits per heavy atom. The average molecular weight is 328 g/mol. The second-order valence-corrected chi connectivity index (χ2v) is 5.93. The van der Waals surface area contributed by atoms with E-state index in [1.54, 1.807) is 48.2 Å². The van der Waals surface area contributed by atoms with Gasteiger partial charge in [-0.1, -0.05) is 12.0 Å². The molecule has 0 unspecified atom stereocenters. The number of benzene rings is 2. The number of terminal acetylenes is 1. The minimum atomic E-state index is -0.258. The fraction of sp³-hybridized carbons (Fsp3) is 0.167. The van der Waals surface area contributed by atoms with Gasteiger partial charge in [-0.3, -0.25) is 0 Å². The molecule has 23 heavy (non-hydrogen) atoms. The minimum Gasteiger partial charge on any atom is -0.338 e. The zero-order valence-electron chi connectivity index (χ0n) is 12.5. The summed E-state index contributed by atoms with van der Waals surface area (Å²) in [7, 11) is 0. The van der Waals surface area contributed by atoms with Crippen molar-refractivity contribution in [3.63, 3.8) is 0 Å². The molecule has 0 radical (unpaired) electrons. The molecule has 0 spiro atoms. The number of halogens is 1. The third-order valence-corrected chi connectivity index (χ3v) is 4.07. The molecule has 2 N–H and O–H groups in total. The predicted molar refractivity (Wildman–Crippen MR) is 93.1 cm³/mol. The van der Waals surface area contributed by atoms with E-state index in [-0.39, 0.29) is 11.8 Å². The minimum absolute atomic E-state index is 0.235. The van der Waals surface area contributed by atoms with Gasteiger partial charge in [-0.15, -0.1) is 18.2 Å². The van der Waals surface area contributed by atoms with Crippen molar-refractivity contribution in [2.75, 3.05) is 17.6 Å². The van der Waals surface area contributed by atoms with E-state index in [1.165, 1.54) is 12.1 Å². The summed E-state index contributed by atoms with van der Waals surface area (Å²) in [6.07, 6.45) is 6.14. The monoisotopic (exact) mass is 328 g/mol. The first-order valence-corrected chi connectivity index (χ1v) is 8.16. The first-order chi connectivity index (χ1) is 11.2. The lowest BCUT2D eigenvalue weighted by molar-refractivity contribution is 0.252. The van der Waals surface area contributed by atoms with E-state index in [9.17, 15) is 9.18 Å². The van der Waals surface area contributed by atoms with Gasteiger partial charge in [-0.2, -0.15) is 0 Å². The number of nitrogens with one attached hydrogen (secondary N) is 2. The van der Waals surface area contributed by atoms with Crippen molar-refractivity contribution in [1.29, 1.82) is 0 Å². The first kappa shape index (κ1) is 16.9. The lowest BCUT2D eigenvalue weighted by Gasteiger charge is -2.08. The van der Waals surface area contributed by atoms with Crippen molar-refractivity contribution in [1.82, 2.24) is 5.32 Å². The molecule has 0 atom stereocenters. The quantitative estimate of drug-likeness (QED) is 0.476. The third-order valence-electron chi connectivity index (χ3n) is 2.98. The fourth-order valence-corrected chi connectivity index (χ4v) is 2.71. The maximum Gasteiger partial charge on any atom is 0.319 e. The standard InChI is InChI=1S/C18H17FN2OS/c1-2-14-5-3-6-16(13-14)21-18(22)20-11-4-12-23-17-9-7-15(19)8-10-17/h1,3,5-10,13H,4,11-12H2,(H2,20,21,22). The molecular weight excluding hydrogens is 311 g/mol. The lowest BCUT2D eigenvalue weighted by atomic mass is 10.2. The van der Waals surface area contributed by atoms with Crippen molar-refractivity contribution < 1.29 is 9.18 Å². The largest absolute Gasteiger partial charge is 0.338 e. The van der Waals surface area contributed by atoms with E-state index in [4.69, 9.17) is 6.42 Å². The van der Waals surface area contributed by atoms with Crippen LogP contribution in [-0.2, 0) is 0 Å². The van der Waals surface area contributed by atoms with Gasteiger partial charge < -0.3 is 10.6 Å². The Balaban J connectivity index is 1.65. The van der Waals surface area contributed by atoms with Crippen LogP contribution in [0.15, 0.2) is 53.4 Å². The Morgan fingerprint density at radius 2 is 2.00 bits per heavy atom. The van der Waals surface area contributed by atoms with Gasteiger partial charge in [0.25, 0.3) is 0 Å². The van der Waals surface area contributed by atoms with Crippen molar-refractivity contribution in [3.05, 3.63) is 59.9 Å². The van der Waals surface area contributed by atoms with Gasteiger partial charge in [0.2, 0.25) is 0 Å². The number of hydrogen-bond donors (Lipinski definition) is 2. The van der Waals surface area contributed by atoms with Crippen LogP contribution >= 0.6 is 11.8 Å². The van der Waals surface area contributed by atoms with Gasteiger partial charge in [0.05, 0.1) is 0 Å². The molecule has 0 saturated heterocycles. The molecule has 5 heteroatoms. The predicted octanol–water partition coefficient (Wildman–Crippen LogP) is 4.11. The molecule has 0 fully saturated rings. The Kier molecular flexibility index (Phi) is 6.52. The summed E-state index contributed by atoms with van der Waals surface area (Å²) in [6, 6.07) is 13.2. The Morgan fingerprint density at radius 1 is 1.22 bits per heavy atom. The molecule has 0 aliphatic heterocycles. The Labute approximate surface area is 139 Å². The van der Waals surface area contributed by atoms with E-state index < -0.39 is 0 Å². The van der Waals surface area contributed by atoms with Crippen LogP contribution in [0.2, 0.25) is 0 Å². The highest BCUT2D eigenvalue weighted by Gasteiger charge is 2.01. The summed E-state index contributed by atoms with van der Waals surface area (Å²) in [6.45, 7) is 0.564. The smallest absolute Gasteiger partial charge is 0.319 e. The number of amides is 2. The second-order valence-electron chi connectivity index (χ2n) is 4.76. The highest BCUT2D eigenvalue weighted by Crippen LogP contribution is 2.18. The maximum atomic E-state index is 12.8. The van der Waals surface area contributed by atoms with E-state index in [1.807, 2.05) is 0 Å². The van der Waals surface area contributed by atoms with Gasteiger partial charge in [0, 0.05) is 22.7 Å². The van der Waals surface area contributed by atoms with Crippen LogP contribution in [0, 0.1) is 18.2 Å². The molecule has 0 aliphatic rings. The van der Waals surface area contributed by atoms with Gasteiger partial charge in [0.1, 0.15) is 5.82 Å². The van der Waals surface area contributed by atoms with Crippen molar-refractivity contribution >= 4 is 23.5 Å². The van der Waals surface area contributed by atoms with E-state index in [2.05, 4.69) is 16.6 Å². The highest BCUT2D eigenvalue weighted by molar-refractivity contribution is 7.99. The molecule has 0 saturated carbocycles. The van der Waals surface area contributed by atoms with Crippen LogP contribution in [0.1, 0.15) is 12.0 Å². The SMILES string of the molecule is C#Cc1cccc(NC(=O)NCCCSc2ccc(F)cc2)c1. The van der Waals surface area contributed by atoms with Crippen LogP contribution in [0.5, 0.6) is 0 Å². The zero-order valence-corrected chi connectivity index (χ0v) is 13.3. The van der Waals surface area contributed by atoms with Crippen LogP contribution < -0.4 is 10.6 Å². The van der Waals surface area contributed by atoms with E-state index in [0.717, 1.165) is 22.6 Å². The van der Waals surface area contributed by atoms with Crippen LogP contribution in [0.4, 0.5) is 14.9 Å². The van der Waals surface area contributed by atoms with Gasteiger partial charge in [-0.05, 0) is 54.6 Å². The van der Waals surface area contributed by atoms with E-state index >= 15 is 0 Å². The van der Waals surface area contributed by atoms with Crippen LogP contribution in [0.3, 0.4) is 0 Å². The molecule has 0 bridgehead atoms. The number of thioether (sulfide) groups is 1. The summed E-state index contributed by atoms with van der Waals surface area (Å²) in [4.78, 5) is 12.8. The molecule has 118 valence electrons. The maximum absolute atomic E-state index is 12.8. The van der Waals surface area contributed by atoms with Crippen molar-refractivity contribution in [2.45, 2.75) is 11.3 Å². The zero-order chi connectivity index (χ0) is 16.5. The number of rotatable bonds is 6. The molecule has 0 heterocycles. The summed E-state index contributed by atoms with van der Waals surface area (Å²) in [5, 5.41) is 5.53. The summed E-state index contributed by atoms with van der Waals surface area (Å²) < 4.78 is 12.8. The van der Waals surface area contributed by atoms with Crippen LogP contribution in [-0.4, -0.2) is 18.3 Å². The first-order valence-electron chi connectivity index (χ1n) is 7.17. The molecule has 2 aromatic rings. The Bertz CT molecular complexity index is 695. The molecule has 0 aromatic heterocycles. The third kappa shape index (κ3) is 6.05. The van der Waals surface area contributed by atoms with Crippen LogP contribution in [0.25, 0.3) is 0 Å². The number of urea groups is 1. The molecule has 2 rings (SSSR count). The van der Waals surface area contributed by atoms with Crippen molar-refractivity contribution in [2.24, 2.45) is 0 Å². The fourth-order valence-electron chi connectivity index (χ4n) is 1.86. The molecule has 3 nitrogen and oxygen atoms in total. The van der Waals surface area contributed by atoms with Gasteiger partial charge in [0.15, 0.2) is 0 Å². The topological polar surface area (TPSA) is 41.1 Å².